The van der Waals surface area contributed by atoms with Gasteiger partial charge in [-0.15, -0.1) is 0 Å². The van der Waals surface area contributed by atoms with E-state index in [0.29, 0.717) is 18.1 Å². The van der Waals surface area contributed by atoms with E-state index in [1.54, 1.807) is 0 Å². The molecule has 0 radical (unpaired) electrons. The third kappa shape index (κ3) is 3.07. The lowest BCUT2D eigenvalue weighted by atomic mass is 10.1. The first-order chi connectivity index (χ1) is 8.70. The number of nitrogens with zero attached hydrogens (tertiary/aromatic N) is 1. The Bertz CT molecular complexity index is 442. The topological polar surface area (TPSA) is 32.3 Å². The highest BCUT2D eigenvalue weighted by Crippen LogP contribution is 2.18. The van der Waals surface area contributed by atoms with Crippen molar-refractivity contribution in [2.75, 3.05) is 11.4 Å². The van der Waals surface area contributed by atoms with Crippen LogP contribution in [-0.2, 0) is 11.2 Å². The molecule has 1 aromatic rings. The predicted molar refractivity (Wildman–Crippen MR) is 77.8 cm³/mol. The largest absolute Gasteiger partial charge is 0.318 e. The number of carbonyl (C=O) groups is 1. The monoisotopic (exact) mass is 262 g/mol. The molecule has 18 heavy (non-hydrogen) atoms. The fourth-order valence-electron chi connectivity index (χ4n) is 2.03. The van der Waals surface area contributed by atoms with Crippen molar-refractivity contribution in [3.63, 3.8) is 0 Å². The molecule has 2 rings (SSSR count). The van der Waals surface area contributed by atoms with Crippen molar-refractivity contribution in [3.8, 4) is 0 Å². The van der Waals surface area contributed by atoms with Crippen molar-refractivity contribution in [1.82, 2.24) is 5.32 Å². The van der Waals surface area contributed by atoms with Crippen LogP contribution in [0.15, 0.2) is 24.3 Å². The first-order valence-corrected chi connectivity index (χ1v) is 6.82. The van der Waals surface area contributed by atoms with Crippen molar-refractivity contribution >= 4 is 28.9 Å². The molecule has 1 fully saturated rings. The lowest BCUT2D eigenvalue weighted by molar-refractivity contribution is -0.119. The summed E-state index contributed by atoms with van der Waals surface area (Å²) in [5, 5.41) is 3.20. The SMILES string of the molecule is CCCCc1ccc(N2CCC(=O)NC2=S)cc1. The number of benzene rings is 1. The van der Waals surface area contributed by atoms with Crippen LogP contribution in [0, 0.1) is 0 Å². The molecule has 3 nitrogen and oxygen atoms in total. The minimum atomic E-state index is 0.0100. The highest BCUT2D eigenvalue weighted by molar-refractivity contribution is 7.80. The molecule has 4 heteroatoms. The van der Waals surface area contributed by atoms with Crippen LogP contribution in [0.4, 0.5) is 5.69 Å². The van der Waals surface area contributed by atoms with E-state index in [4.69, 9.17) is 12.2 Å². The summed E-state index contributed by atoms with van der Waals surface area (Å²) in [6.45, 7) is 2.86. The predicted octanol–water partition coefficient (Wildman–Crippen LogP) is 2.64. The molecule has 1 aliphatic rings. The van der Waals surface area contributed by atoms with Gasteiger partial charge in [0, 0.05) is 18.7 Å². The van der Waals surface area contributed by atoms with Gasteiger partial charge in [-0.05, 0) is 42.8 Å². The molecule has 1 amide bonds. The molecule has 0 bridgehead atoms. The molecule has 0 aromatic heterocycles. The number of hydrogen-bond acceptors (Lipinski definition) is 2. The van der Waals surface area contributed by atoms with Crippen LogP contribution >= 0.6 is 12.2 Å². The molecule has 0 spiro atoms. The van der Waals surface area contributed by atoms with Crippen LogP contribution in [0.3, 0.4) is 0 Å². The number of rotatable bonds is 4. The van der Waals surface area contributed by atoms with Crippen LogP contribution in [0.5, 0.6) is 0 Å². The molecule has 0 saturated carbocycles. The minimum Gasteiger partial charge on any atom is -0.318 e. The van der Waals surface area contributed by atoms with Gasteiger partial charge >= 0.3 is 0 Å². The Kier molecular flexibility index (Phi) is 4.31. The lowest BCUT2D eigenvalue weighted by Gasteiger charge is -2.29. The normalized spacial score (nSPS) is 15.7. The van der Waals surface area contributed by atoms with Crippen LogP contribution in [0.2, 0.25) is 0 Å². The molecule has 1 N–H and O–H groups in total. The molecule has 1 aliphatic heterocycles. The van der Waals surface area contributed by atoms with E-state index in [0.717, 1.165) is 12.1 Å². The Morgan fingerprint density at radius 1 is 1.33 bits per heavy atom. The van der Waals surface area contributed by atoms with Crippen molar-refractivity contribution < 1.29 is 4.79 Å². The van der Waals surface area contributed by atoms with E-state index >= 15 is 0 Å². The first kappa shape index (κ1) is 13.0. The number of hydrogen-bond donors (Lipinski definition) is 1. The van der Waals surface area contributed by atoms with E-state index in [9.17, 15) is 4.79 Å². The maximum absolute atomic E-state index is 11.2. The Balaban J connectivity index is 2.05. The van der Waals surface area contributed by atoms with Gasteiger partial charge in [-0.25, -0.2) is 0 Å². The van der Waals surface area contributed by atoms with E-state index in [1.165, 1.54) is 18.4 Å². The van der Waals surface area contributed by atoms with Crippen LogP contribution in [0.1, 0.15) is 31.7 Å². The Labute approximate surface area is 113 Å². The van der Waals surface area contributed by atoms with Crippen molar-refractivity contribution in [2.24, 2.45) is 0 Å². The van der Waals surface area contributed by atoms with Crippen molar-refractivity contribution in [3.05, 3.63) is 29.8 Å². The van der Waals surface area contributed by atoms with E-state index in [-0.39, 0.29) is 5.91 Å². The van der Waals surface area contributed by atoms with Gasteiger partial charge in [0.15, 0.2) is 5.11 Å². The Morgan fingerprint density at radius 3 is 2.67 bits per heavy atom. The zero-order valence-corrected chi connectivity index (χ0v) is 11.4. The van der Waals surface area contributed by atoms with Gasteiger partial charge in [-0.1, -0.05) is 25.5 Å². The fraction of sp³-hybridized carbons (Fsp3) is 0.429. The van der Waals surface area contributed by atoms with Crippen LogP contribution < -0.4 is 10.2 Å². The van der Waals surface area contributed by atoms with Crippen molar-refractivity contribution in [1.29, 1.82) is 0 Å². The smallest absolute Gasteiger partial charge is 0.227 e. The van der Waals surface area contributed by atoms with Crippen molar-refractivity contribution in [2.45, 2.75) is 32.6 Å². The van der Waals surface area contributed by atoms with Gasteiger partial charge in [0.05, 0.1) is 0 Å². The molecule has 96 valence electrons. The third-order valence-electron chi connectivity index (χ3n) is 3.12. The molecular weight excluding hydrogens is 244 g/mol. The summed E-state index contributed by atoms with van der Waals surface area (Å²) < 4.78 is 0. The number of carbonyl (C=O) groups excluding carboxylic acids is 1. The molecule has 0 unspecified atom stereocenters. The zero-order valence-electron chi connectivity index (χ0n) is 10.6. The molecule has 0 aliphatic carbocycles. The van der Waals surface area contributed by atoms with E-state index in [2.05, 4.69) is 36.5 Å². The molecule has 0 atom stereocenters. The molecule has 1 aromatic carbocycles. The van der Waals surface area contributed by atoms with Gasteiger partial charge in [0.2, 0.25) is 5.91 Å². The molecule has 1 saturated heterocycles. The van der Waals surface area contributed by atoms with Gasteiger partial charge in [0.1, 0.15) is 0 Å². The van der Waals surface area contributed by atoms with E-state index in [1.807, 2.05) is 4.90 Å². The van der Waals surface area contributed by atoms with Gasteiger partial charge < -0.3 is 10.2 Å². The number of anilines is 1. The summed E-state index contributed by atoms with van der Waals surface area (Å²) in [5.41, 5.74) is 2.41. The number of nitrogens with one attached hydrogen (secondary N) is 1. The minimum absolute atomic E-state index is 0.0100. The summed E-state index contributed by atoms with van der Waals surface area (Å²) in [6, 6.07) is 8.44. The van der Waals surface area contributed by atoms with E-state index < -0.39 is 0 Å². The van der Waals surface area contributed by atoms with Gasteiger partial charge in [-0.3, -0.25) is 4.79 Å². The fourth-order valence-corrected chi connectivity index (χ4v) is 2.34. The highest BCUT2D eigenvalue weighted by Gasteiger charge is 2.20. The summed E-state index contributed by atoms with van der Waals surface area (Å²) in [6.07, 6.45) is 4.05. The Hall–Kier alpha value is -1.42. The lowest BCUT2D eigenvalue weighted by Crippen LogP contribution is -2.49. The summed E-state index contributed by atoms with van der Waals surface area (Å²) >= 11 is 5.18. The molecular formula is C14H18N2OS. The van der Waals surface area contributed by atoms with Gasteiger partial charge in [0.25, 0.3) is 0 Å². The number of unbranched alkanes of at least 4 members (excludes halogenated alkanes) is 1. The quantitative estimate of drug-likeness (QED) is 0.847. The summed E-state index contributed by atoms with van der Waals surface area (Å²) in [4.78, 5) is 13.2. The zero-order chi connectivity index (χ0) is 13.0. The second kappa shape index (κ2) is 5.96. The number of aryl methyl sites for hydroxylation is 1. The standard InChI is InChI=1S/C14H18N2OS/c1-2-3-4-11-5-7-12(8-6-11)16-10-9-13(17)15-14(16)18/h5-8H,2-4,9-10H2,1H3,(H,15,17,18). The average Bonchev–Trinajstić information content (AvgIpc) is 2.37. The second-order valence-electron chi connectivity index (χ2n) is 4.52. The highest BCUT2D eigenvalue weighted by atomic mass is 32.1. The summed E-state index contributed by atoms with van der Waals surface area (Å²) in [5.74, 6) is 0.0100. The number of thiocarbonyl (C=S) groups is 1. The maximum Gasteiger partial charge on any atom is 0.227 e. The first-order valence-electron chi connectivity index (χ1n) is 6.41. The Morgan fingerprint density at radius 2 is 2.06 bits per heavy atom. The van der Waals surface area contributed by atoms with Crippen LogP contribution in [0.25, 0.3) is 0 Å². The second-order valence-corrected chi connectivity index (χ2v) is 4.91. The average molecular weight is 262 g/mol. The third-order valence-corrected chi connectivity index (χ3v) is 3.44. The summed E-state index contributed by atoms with van der Waals surface area (Å²) in [7, 11) is 0. The number of amides is 1. The van der Waals surface area contributed by atoms with Crippen LogP contribution in [-0.4, -0.2) is 17.6 Å². The van der Waals surface area contributed by atoms with Gasteiger partial charge in [-0.2, -0.15) is 0 Å². The maximum atomic E-state index is 11.2. The molecule has 1 heterocycles.